The van der Waals surface area contributed by atoms with Crippen LogP contribution in [0.5, 0.6) is 0 Å². The quantitative estimate of drug-likeness (QED) is 0.794. The van der Waals surface area contributed by atoms with Gasteiger partial charge in [-0.3, -0.25) is 0 Å². The molecule has 84 valence electrons. The van der Waals surface area contributed by atoms with Crippen LogP contribution >= 0.6 is 0 Å². The summed E-state index contributed by atoms with van der Waals surface area (Å²) in [6.45, 7) is 4.18. The molecular formula is C9H13N7. The van der Waals surface area contributed by atoms with Gasteiger partial charge in [-0.1, -0.05) is 13.8 Å². The number of anilines is 1. The Hall–Kier alpha value is -2.05. The van der Waals surface area contributed by atoms with Crippen molar-refractivity contribution in [3.8, 4) is 5.95 Å². The van der Waals surface area contributed by atoms with Crippen LogP contribution in [0.15, 0.2) is 12.7 Å². The van der Waals surface area contributed by atoms with Crippen molar-refractivity contribution in [1.82, 2.24) is 29.7 Å². The van der Waals surface area contributed by atoms with E-state index in [1.165, 1.54) is 17.3 Å². The third-order valence-corrected chi connectivity index (χ3v) is 1.90. The van der Waals surface area contributed by atoms with Crippen molar-refractivity contribution >= 4 is 5.95 Å². The van der Waals surface area contributed by atoms with E-state index in [4.69, 9.17) is 5.73 Å². The number of nitrogens with two attached hydrogens (primary N) is 1. The molecule has 0 atom stereocenters. The lowest BCUT2D eigenvalue weighted by Crippen LogP contribution is -2.11. The Balaban J connectivity index is 2.36. The SMILES string of the molecule is CC(C)Cc1nc(N)nc(-n2cncn2)n1. The fourth-order valence-electron chi connectivity index (χ4n) is 1.30. The molecule has 7 nitrogen and oxygen atoms in total. The number of rotatable bonds is 3. The van der Waals surface area contributed by atoms with Gasteiger partial charge >= 0.3 is 0 Å². The highest BCUT2D eigenvalue weighted by molar-refractivity contribution is 5.22. The Morgan fingerprint density at radius 3 is 2.75 bits per heavy atom. The van der Waals surface area contributed by atoms with E-state index in [1.807, 2.05) is 0 Å². The predicted molar refractivity (Wildman–Crippen MR) is 57.7 cm³/mol. The average Bonchev–Trinajstić information content (AvgIpc) is 2.67. The van der Waals surface area contributed by atoms with Crippen LogP contribution in [-0.2, 0) is 6.42 Å². The zero-order chi connectivity index (χ0) is 11.5. The van der Waals surface area contributed by atoms with Crippen LogP contribution in [0.2, 0.25) is 0 Å². The first-order valence-corrected chi connectivity index (χ1v) is 5.00. The Labute approximate surface area is 92.8 Å². The molecule has 2 aromatic heterocycles. The smallest absolute Gasteiger partial charge is 0.257 e. The van der Waals surface area contributed by atoms with Crippen LogP contribution < -0.4 is 5.73 Å². The van der Waals surface area contributed by atoms with Gasteiger partial charge in [-0.15, -0.1) is 0 Å². The molecule has 0 amide bonds. The lowest BCUT2D eigenvalue weighted by molar-refractivity contribution is 0.613. The molecule has 7 heteroatoms. The maximum Gasteiger partial charge on any atom is 0.257 e. The minimum atomic E-state index is 0.205. The Kier molecular flexibility index (Phi) is 2.76. The van der Waals surface area contributed by atoms with Crippen LogP contribution in [0, 0.1) is 5.92 Å². The molecule has 0 radical (unpaired) electrons. The molecule has 0 fully saturated rings. The minimum absolute atomic E-state index is 0.205. The molecule has 2 N–H and O–H groups in total. The fourth-order valence-corrected chi connectivity index (χ4v) is 1.30. The molecule has 2 heterocycles. The van der Waals surface area contributed by atoms with Crippen molar-refractivity contribution in [2.24, 2.45) is 5.92 Å². The molecular weight excluding hydrogens is 206 g/mol. The second-order valence-corrected chi connectivity index (χ2v) is 3.85. The van der Waals surface area contributed by atoms with E-state index in [0.29, 0.717) is 17.7 Å². The van der Waals surface area contributed by atoms with Crippen LogP contribution in [-0.4, -0.2) is 29.7 Å². The van der Waals surface area contributed by atoms with E-state index in [2.05, 4.69) is 38.9 Å². The molecule has 0 aliphatic heterocycles. The summed E-state index contributed by atoms with van der Waals surface area (Å²) in [4.78, 5) is 16.2. The zero-order valence-corrected chi connectivity index (χ0v) is 9.20. The van der Waals surface area contributed by atoms with Gasteiger partial charge in [-0.25, -0.2) is 4.98 Å². The minimum Gasteiger partial charge on any atom is -0.368 e. The normalized spacial score (nSPS) is 10.9. The van der Waals surface area contributed by atoms with Gasteiger partial charge in [0.05, 0.1) is 0 Å². The Bertz CT molecular complexity index is 463. The van der Waals surface area contributed by atoms with Crippen LogP contribution in [0.4, 0.5) is 5.95 Å². The average molecular weight is 219 g/mol. The number of nitrogen functional groups attached to an aromatic ring is 1. The summed E-state index contributed by atoms with van der Waals surface area (Å²) in [6.07, 6.45) is 3.70. The van der Waals surface area contributed by atoms with E-state index in [1.54, 1.807) is 0 Å². The molecule has 2 rings (SSSR count). The van der Waals surface area contributed by atoms with Crippen molar-refractivity contribution in [2.45, 2.75) is 20.3 Å². The van der Waals surface area contributed by atoms with E-state index in [9.17, 15) is 0 Å². The van der Waals surface area contributed by atoms with Gasteiger partial charge in [0.1, 0.15) is 18.5 Å². The highest BCUT2D eigenvalue weighted by Crippen LogP contribution is 2.06. The maximum atomic E-state index is 5.62. The van der Waals surface area contributed by atoms with Gasteiger partial charge in [0.25, 0.3) is 5.95 Å². The summed E-state index contributed by atoms with van der Waals surface area (Å²) in [5.74, 6) is 1.75. The van der Waals surface area contributed by atoms with Crippen molar-refractivity contribution < 1.29 is 0 Å². The third kappa shape index (κ3) is 2.30. The number of aromatic nitrogens is 6. The van der Waals surface area contributed by atoms with Crippen LogP contribution in [0.25, 0.3) is 5.95 Å². The summed E-state index contributed by atoms with van der Waals surface area (Å²) in [6, 6.07) is 0. The number of hydrogen-bond acceptors (Lipinski definition) is 6. The van der Waals surface area contributed by atoms with E-state index in [0.717, 1.165) is 6.42 Å². The van der Waals surface area contributed by atoms with Crippen molar-refractivity contribution in [3.05, 3.63) is 18.5 Å². The molecule has 0 saturated heterocycles. The van der Waals surface area contributed by atoms with Gasteiger partial charge in [0, 0.05) is 6.42 Å². The van der Waals surface area contributed by atoms with Crippen LogP contribution in [0.1, 0.15) is 19.7 Å². The second kappa shape index (κ2) is 4.21. The number of hydrogen-bond donors (Lipinski definition) is 1. The molecule has 0 aliphatic rings. The molecule has 0 saturated carbocycles. The van der Waals surface area contributed by atoms with Crippen molar-refractivity contribution in [3.63, 3.8) is 0 Å². The van der Waals surface area contributed by atoms with Crippen LogP contribution in [0.3, 0.4) is 0 Å². The molecule has 2 aromatic rings. The molecule has 0 aliphatic carbocycles. The maximum absolute atomic E-state index is 5.62. The van der Waals surface area contributed by atoms with E-state index < -0.39 is 0 Å². The lowest BCUT2D eigenvalue weighted by atomic mass is 10.1. The van der Waals surface area contributed by atoms with Gasteiger partial charge in [-0.05, 0) is 5.92 Å². The van der Waals surface area contributed by atoms with E-state index in [-0.39, 0.29) is 5.95 Å². The Morgan fingerprint density at radius 2 is 2.12 bits per heavy atom. The fraction of sp³-hybridized carbons (Fsp3) is 0.444. The van der Waals surface area contributed by atoms with E-state index >= 15 is 0 Å². The Morgan fingerprint density at radius 1 is 1.31 bits per heavy atom. The highest BCUT2D eigenvalue weighted by atomic mass is 15.4. The molecule has 0 unspecified atom stereocenters. The lowest BCUT2D eigenvalue weighted by Gasteiger charge is -2.05. The van der Waals surface area contributed by atoms with Gasteiger partial charge in [0.2, 0.25) is 5.95 Å². The van der Waals surface area contributed by atoms with Gasteiger partial charge in [-0.2, -0.15) is 24.7 Å². The van der Waals surface area contributed by atoms with Crippen molar-refractivity contribution in [2.75, 3.05) is 5.73 Å². The zero-order valence-electron chi connectivity index (χ0n) is 9.20. The summed E-state index contributed by atoms with van der Waals surface area (Å²) in [5, 5.41) is 3.95. The molecule has 16 heavy (non-hydrogen) atoms. The number of nitrogens with zero attached hydrogens (tertiary/aromatic N) is 6. The molecule has 0 aromatic carbocycles. The summed E-state index contributed by atoms with van der Waals surface area (Å²) < 4.78 is 1.46. The summed E-state index contributed by atoms with van der Waals surface area (Å²) >= 11 is 0. The largest absolute Gasteiger partial charge is 0.368 e. The summed E-state index contributed by atoms with van der Waals surface area (Å²) in [5.41, 5.74) is 5.62. The van der Waals surface area contributed by atoms with Crippen molar-refractivity contribution in [1.29, 1.82) is 0 Å². The predicted octanol–water partition coefficient (Wildman–Crippen LogP) is 0.233. The standard InChI is InChI=1S/C9H13N7/c1-6(2)3-7-13-8(10)15-9(14-7)16-5-11-4-12-16/h4-6H,3H2,1-2H3,(H2,10,13,14,15). The third-order valence-electron chi connectivity index (χ3n) is 1.90. The first kappa shape index (κ1) is 10.5. The first-order valence-electron chi connectivity index (χ1n) is 5.00. The topological polar surface area (TPSA) is 95.4 Å². The summed E-state index contributed by atoms with van der Waals surface area (Å²) in [7, 11) is 0. The van der Waals surface area contributed by atoms with Gasteiger partial charge < -0.3 is 5.73 Å². The monoisotopic (exact) mass is 219 g/mol. The second-order valence-electron chi connectivity index (χ2n) is 3.85. The molecule has 0 spiro atoms. The highest BCUT2D eigenvalue weighted by Gasteiger charge is 2.08. The molecule has 0 bridgehead atoms. The van der Waals surface area contributed by atoms with Gasteiger partial charge in [0.15, 0.2) is 0 Å². The first-order chi connectivity index (χ1) is 7.65.